The Bertz CT molecular complexity index is 1310. The molecular weight excluding hydrogens is 442 g/mol. The van der Waals surface area contributed by atoms with E-state index in [2.05, 4.69) is 31.3 Å². The molecule has 2 fully saturated rings. The number of fused-ring (bicyclic) bond motifs is 2. The molecule has 6 rings (SSSR count). The Balaban J connectivity index is 1.38. The van der Waals surface area contributed by atoms with Crippen LogP contribution in [0, 0.1) is 0 Å². The number of ether oxygens (including phenoxy) is 2. The topological polar surface area (TPSA) is 97.1 Å². The second kappa shape index (κ2) is 8.58. The maximum absolute atomic E-state index is 13.2. The average Bonchev–Trinajstić information content (AvgIpc) is 3.49. The molecule has 1 aromatic carbocycles. The Kier molecular flexibility index (Phi) is 5.29. The second-order valence-electron chi connectivity index (χ2n) is 7.93. The van der Waals surface area contributed by atoms with E-state index < -0.39 is 0 Å². The van der Waals surface area contributed by atoms with Crippen molar-refractivity contribution < 1.29 is 14.3 Å². The molecule has 33 heavy (non-hydrogen) atoms. The van der Waals surface area contributed by atoms with E-state index >= 15 is 0 Å². The zero-order valence-electron chi connectivity index (χ0n) is 17.9. The van der Waals surface area contributed by atoms with E-state index in [1.807, 2.05) is 6.07 Å². The first-order valence-electron chi connectivity index (χ1n) is 11.0. The summed E-state index contributed by atoms with van der Waals surface area (Å²) in [6, 6.07) is 5.88. The van der Waals surface area contributed by atoms with Crippen LogP contribution in [0.4, 0.5) is 16.5 Å². The van der Waals surface area contributed by atoms with Crippen molar-refractivity contribution in [3.63, 3.8) is 0 Å². The van der Waals surface area contributed by atoms with Crippen LogP contribution in [0.1, 0.15) is 10.4 Å². The van der Waals surface area contributed by atoms with Gasteiger partial charge in [-0.15, -0.1) is 0 Å². The number of carbonyl (C=O) groups is 1. The normalized spacial score (nSPS) is 17.1. The number of hydrogen-bond acceptors (Lipinski definition) is 9. The van der Waals surface area contributed by atoms with Gasteiger partial charge in [0, 0.05) is 38.6 Å². The lowest BCUT2D eigenvalue weighted by molar-refractivity contribution is 0.102. The third-order valence-electron chi connectivity index (χ3n) is 5.90. The summed E-state index contributed by atoms with van der Waals surface area (Å²) < 4.78 is 13.6. The number of anilines is 3. The molecular formula is C22H23N7O3S. The minimum absolute atomic E-state index is 0.240. The molecule has 0 aliphatic carbocycles. The van der Waals surface area contributed by atoms with Crippen molar-refractivity contribution in [1.82, 2.24) is 19.6 Å². The summed E-state index contributed by atoms with van der Waals surface area (Å²) in [5.41, 5.74) is 3.58. The summed E-state index contributed by atoms with van der Waals surface area (Å²) >= 11 is 1.64. The SMILES string of the molecule is O=C(Nc1cc2sc(N3CCOCC3)nc2cc1N1CCOCC1)c1cnn2cccnc12. The highest BCUT2D eigenvalue weighted by molar-refractivity contribution is 7.22. The van der Waals surface area contributed by atoms with Crippen LogP contribution >= 0.6 is 11.3 Å². The van der Waals surface area contributed by atoms with E-state index in [0.29, 0.717) is 37.6 Å². The summed E-state index contributed by atoms with van der Waals surface area (Å²) in [5, 5.41) is 8.34. The smallest absolute Gasteiger partial charge is 0.261 e. The molecule has 4 aromatic rings. The maximum Gasteiger partial charge on any atom is 0.261 e. The lowest BCUT2D eigenvalue weighted by Crippen LogP contribution is -2.36. The van der Waals surface area contributed by atoms with Crippen molar-refractivity contribution in [2.75, 3.05) is 67.7 Å². The number of amides is 1. The van der Waals surface area contributed by atoms with Crippen LogP contribution in [0.2, 0.25) is 0 Å². The Labute approximate surface area is 193 Å². The number of nitrogens with zero attached hydrogens (tertiary/aromatic N) is 6. The van der Waals surface area contributed by atoms with E-state index in [4.69, 9.17) is 14.5 Å². The molecule has 2 aliphatic heterocycles. The number of morpholine rings is 2. The first kappa shape index (κ1) is 20.3. The van der Waals surface area contributed by atoms with Gasteiger partial charge < -0.3 is 24.6 Å². The first-order valence-corrected chi connectivity index (χ1v) is 11.8. The number of benzene rings is 1. The lowest BCUT2D eigenvalue weighted by atomic mass is 10.2. The molecule has 1 amide bonds. The monoisotopic (exact) mass is 465 g/mol. The summed E-state index contributed by atoms with van der Waals surface area (Å²) in [6.45, 7) is 5.91. The molecule has 3 aromatic heterocycles. The number of nitrogens with one attached hydrogen (secondary N) is 1. The molecule has 0 atom stereocenters. The zero-order chi connectivity index (χ0) is 22.2. The van der Waals surface area contributed by atoms with Gasteiger partial charge in [-0.25, -0.2) is 14.5 Å². The maximum atomic E-state index is 13.2. The van der Waals surface area contributed by atoms with Gasteiger partial charge in [-0.2, -0.15) is 5.10 Å². The Hall–Kier alpha value is -3.28. The molecule has 0 saturated carbocycles. The van der Waals surface area contributed by atoms with Crippen LogP contribution in [0.25, 0.3) is 15.9 Å². The zero-order valence-corrected chi connectivity index (χ0v) is 18.8. The molecule has 170 valence electrons. The van der Waals surface area contributed by atoms with Gasteiger partial charge in [-0.1, -0.05) is 11.3 Å². The van der Waals surface area contributed by atoms with Gasteiger partial charge in [-0.05, 0) is 18.2 Å². The Morgan fingerprint density at radius 3 is 2.58 bits per heavy atom. The fourth-order valence-corrected chi connectivity index (χ4v) is 5.22. The molecule has 5 heterocycles. The van der Waals surface area contributed by atoms with E-state index in [9.17, 15) is 4.79 Å². The van der Waals surface area contributed by atoms with E-state index in [-0.39, 0.29) is 5.91 Å². The van der Waals surface area contributed by atoms with Crippen molar-refractivity contribution in [2.45, 2.75) is 0 Å². The minimum Gasteiger partial charge on any atom is -0.378 e. The summed E-state index contributed by atoms with van der Waals surface area (Å²) in [7, 11) is 0. The van der Waals surface area contributed by atoms with Gasteiger partial charge in [0.1, 0.15) is 5.56 Å². The number of carbonyl (C=O) groups excluding carboxylic acids is 1. The summed E-state index contributed by atoms with van der Waals surface area (Å²) in [5.74, 6) is -0.240. The van der Waals surface area contributed by atoms with Gasteiger partial charge in [0.15, 0.2) is 10.8 Å². The van der Waals surface area contributed by atoms with Gasteiger partial charge in [0.05, 0.1) is 54.2 Å². The molecule has 10 nitrogen and oxygen atoms in total. The summed E-state index contributed by atoms with van der Waals surface area (Å²) in [4.78, 5) is 26.9. The van der Waals surface area contributed by atoms with Gasteiger partial charge >= 0.3 is 0 Å². The van der Waals surface area contributed by atoms with Crippen molar-refractivity contribution in [3.05, 3.63) is 42.4 Å². The third kappa shape index (κ3) is 3.88. The fourth-order valence-electron chi connectivity index (χ4n) is 4.18. The molecule has 0 radical (unpaired) electrons. The van der Waals surface area contributed by atoms with Crippen molar-refractivity contribution >= 4 is 49.6 Å². The van der Waals surface area contributed by atoms with Crippen LogP contribution in [0.3, 0.4) is 0 Å². The van der Waals surface area contributed by atoms with E-state index in [1.165, 1.54) is 0 Å². The molecule has 2 saturated heterocycles. The Morgan fingerprint density at radius 1 is 1.03 bits per heavy atom. The predicted octanol–water partition coefficient (Wildman–Crippen LogP) is 2.26. The van der Waals surface area contributed by atoms with Crippen LogP contribution in [0.15, 0.2) is 36.8 Å². The highest BCUT2D eigenvalue weighted by Crippen LogP contribution is 2.37. The van der Waals surface area contributed by atoms with Crippen LogP contribution in [0.5, 0.6) is 0 Å². The molecule has 0 bridgehead atoms. The number of thiazole rings is 1. The van der Waals surface area contributed by atoms with E-state index in [1.54, 1.807) is 40.5 Å². The lowest BCUT2D eigenvalue weighted by Gasteiger charge is -2.30. The van der Waals surface area contributed by atoms with Gasteiger partial charge in [-0.3, -0.25) is 4.79 Å². The largest absolute Gasteiger partial charge is 0.378 e. The number of rotatable bonds is 4. The van der Waals surface area contributed by atoms with Gasteiger partial charge in [0.25, 0.3) is 5.91 Å². The second-order valence-corrected chi connectivity index (χ2v) is 8.94. The van der Waals surface area contributed by atoms with Crippen LogP contribution < -0.4 is 15.1 Å². The van der Waals surface area contributed by atoms with Crippen molar-refractivity contribution in [3.8, 4) is 0 Å². The van der Waals surface area contributed by atoms with Gasteiger partial charge in [0.2, 0.25) is 0 Å². The van der Waals surface area contributed by atoms with Crippen molar-refractivity contribution in [1.29, 1.82) is 0 Å². The summed E-state index contributed by atoms with van der Waals surface area (Å²) in [6.07, 6.45) is 4.98. The third-order valence-corrected chi connectivity index (χ3v) is 6.98. The first-order chi connectivity index (χ1) is 16.3. The molecule has 2 aliphatic rings. The molecule has 0 spiro atoms. The molecule has 11 heteroatoms. The highest BCUT2D eigenvalue weighted by atomic mass is 32.1. The predicted molar refractivity (Wildman–Crippen MR) is 127 cm³/mol. The quantitative estimate of drug-likeness (QED) is 0.490. The number of aromatic nitrogens is 4. The minimum atomic E-state index is -0.240. The molecule has 1 N–H and O–H groups in total. The highest BCUT2D eigenvalue weighted by Gasteiger charge is 2.22. The molecule has 0 unspecified atom stereocenters. The van der Waals surface area contributed by atoms with E-state index in [0.717, 1.165) is 52.9 Å². The standard InChI is InChI=1S/C22H23N7O3S/c30-21(15-14-24-29-3-1-2-23-20(15)29)25-16-13-19-17(12-18(16)27-4-8-31-9-5-27)26-22(33-19)28-6-10-32-11-7-28/h1-3,12-14H,4-11H2,(H,25,30). The van der Waals surface area contributed by atoms with Crippen LogP contribution in [-0.2, 0) is 9.47 Å². The average molecular weight is 466 g/mol. The fraction of sp³-hybridized carbons (Fsp3) is 0.364. The van der Waals surface area contributed by atoms with Crippen LogP contribution in [-0.4, -0.2) is 78.1 Å². The van der Waals surface area contributed by atoms with Crippen molar-refractivity contribution in [2.24, 2.45) is 0 Å². The number of hydrogen-bond donors (Lipinski definition) is 1. The Morgan fingerprint density at radius 2 is 1.79 bits per heavy atom.